The number of para-hydroxylation sites is 1. The molecule has 122 valence electrons. The molecule has 2 aromatic rings. The van der Waals surface area contributed by atoms with Gasteiger partial charge in [0.1, 0.15) is 12.6 Å². The van der Waals surface area contributed by atoms with Crippen LogP contribution in [0.2, 0.25) is 0 Å². The van der Waals surface area contributed by atoms with E-state index in [2.05, 4.69) is 5.32 Å². The van der Waals surface area contributed by atoms with Crippen molar-refractivity contribution in [1.29, 1.82) is 0 Å². The van der Waals surface area contributed by atoms with Gasteiger partial charge in [-0.25, -0.2) is 4.79 Å². The molecule has 24 heavy (non-hydrogen) atoms. The molecule has 2 saturated heterocycles. The smallest absolute Gasteiger partial charge is 0.322 e. The Morgan fingerprint density at radius 2 is 1.83 bits per heavy atom. The molecule has 0 saturated carbocycles. The number of nitrogens with zero attached hydrogens (tertiary/aromatic N) is 1. The Kier molecular flexibility index (Phi) is 3.78. The van der Waals surface area contributed by atoms with Gasteiger partial charge >= 0.3 is 6.03 Å². The van der Waals surface area contributed by atoms with E-state index < -0.39 is 6.04 Å². The van der Waals surface area contributed by atoms with Gasteiger partial charge in [-0.05, 0) is 18.1 Å². The maximum absolute atomic E-state index is 12.7. The van der Waals surface area contributed by atoms with Crippen LogP contribution >= 0.6 is 0 Å². The highest BCUT2D eigenvalue weighted by Crippen LogP contribution is 2.30. The zero-order chi connectivity index (χ0) is 16.5. The summed E-state index contributed by atoms with van der Waals surface area (Å²) in [6, 6.07) is 16.9. The zero-order valence-electron chi connectivity index (χ0n) is 13.1. The zero-order valence-corrected chi connectivity index (χ0v) is 13.1. The van der Waals surface area contributed by atoms with Crippen molar-refractivity contribution in [2.24, 2.45) is 0 Å². The van der Waals surface area contributed by atoms with Crippen LogP contribution in [0.5, 0.6) is 0 Å². The number of likely N-dealkylation sites (tertiary alicyclic amines) is 1. The van der Waals surface area contributed by atoms with Crippen LogP contribution < -0.4 is 5.32 Å². The average molecular weight is 322 g/mol. The van der Waals surface area contributed by atoms with Crippen molar-refractivity contribution in [3.05, 3.63) is 54.6 Å². The van der Waals surface area contributed by atoms with Gasteiger partial charge in [0, 0.05) is 12.1 Å². The molecular weight excluding hydrogens is 304 g/mol. The highest BCUT2D eigenvalue weighted by molar-refractivity contribution is 5.98. The number of urea groups is 1. The fourth-order valence-corrected chi connectivity index (χ4v) is 3.47. The molecule has 2 fully saturated rings. The number of benzene rings is 2. The van der Waals surface area contributed by atoms with Crippen LogP contribution in [-0.4, -0.2) is 42.0 Å². The van der Waals surface area contributed by atoms with Crippen molar-refractivity contribution in [2.75, 3.05) is 18.5 Å². The van der Waals surface area contributed by atoms with Crippen LogP contribution in [0.4, 0.5) is 10.5 Å². The molecule has 1 N–H and O–H groups in total. The third kappa shape index (κ3) is 2.57. The van der Waals surface area contributed by atoms with E-state index in [0.29, 0.717) is 13.0 Å². The molecule has 0 aliphatic carbocycles. The maximum Gasteiger partial charge on any atom is 0.322 e. The second kappa shape index (κ2) is 6.09. The van der Waals surface area contributed by atoms with Gasteiger partial charge in [-0.2, -0.15) is 0 Å². The maximum atomic E-state index is 12.7. The van der Waals surface area contributed by atoms with E-state index >= 15 is 0 Å². The number of rotatable bonds is 2. The molecule has 2 amide bonds. The molecule has 4 rings (SSSR count). The summed E-state index contributed by atoms with van der Waals surface area (Å²) in [5.41, 5.74) is 2.73. The van der Waals surface area contributed by atoms with Gasteiger partial charge < -0.3 is 15.0 Å². The molecule has 0 bridgehead atoms. The molecule has 2 aliphatic rings. The molecular formula is C19H18N2O3. The Morgan fingerprint density at radius 1 is 1.08 bits per heavy atom. The molecule has 5 nitrogen and oxygen atoms in total. The lowest BCUT2D eigenvalue weighted by Gasteiger charge is -2.23. The Hall–Kier alpha value is -2.66. The molecule has 2 aliphatic heterocycles. The monoisotopic (exact) mass is 322 g/mol. The van der Waals surface area contributed by atoms with Crippen molar-refractivity contribution >= 4 is 17.5 Å². The summed E-state index contributed by atoms with van der Waals surface area (Å²) in [6.45, 7) is 0.653. The van der Waals surface area contributed by atoms with Crippen molar-refractivity contribution < 1.29 is 14.3 Å². The molecule has 5 heteroatoms. The Bertz CT molecular complexity index is 775. The Morgan fingerprint density at radius 3 is 2.67 bits per heavy atom. The van der Waals surface area contributed by atoms with E-state index in [9.17, 15) is 9.59 Å². The van der Waals surface area contributed by atoms with Crippen molar-refractivity contribution in [2.45, 2.75) is 18.6 Å². The number of Topliss-reactive ketones (excluding diaryl/α,β-unsaturated/α-hetero) is 1. The molecule has 0 aromatic heterocycles. The second-order valence-electron chi connectivity index (χ2n) is 6.08. The van der Waals surface area contributed by atoms with Crippen molar-refractivity contribution in [1.82, 2.24) is 4.90 Å². The van der Waals surface area contributed by atoms with E-state index in [0.717, 1.165) is 16.8 Å². The van der Waals surface area contributed by atoms with Gasteiger partial charge in [0.2, 0.25) is 0 Å². The number of hydrogen-bond donors (Lipinski definition) is 1. The average Bonchev–Trinajstić information content (AvgIpc) is 3.19. The number of nitrogens with one attached hydrogen (secondary N) is 1. The molecule has 0 radical (unpaired) electrons. The lowest BCUT2D eigenvalue weighted by molar-refractivity contribution is -0.120. The van der Waals surface area contributed by atoms with E-state index in [1.54, 1.807) is 4.90 Å². The minimum atomic E-state index is -0.436. The van der Waals surface area contributed by atoms with Gasteiger partial charge in [0.15, 0.2) is 5.78 Å². The van der Waals surface area contributed by atoms with Gasteiger partial charge in [-0.15, -0.1) is 0 Å². The minimum absolute atomic E-state index is 0.0102. The number of amides is 2. The number of ketones is 1. The standard InChI is InChI=1S/C19H18N2O3/c22-16-12-24-17-10-11-21(18(16)17)19(23)20-15-9-5-4-8-14(15)13-6-2-1-3-7-13/h1-9,17-18H,10-12H2,(H,20,23). The number of carbonyl (C=O) groups excluding carboxylic acids is 2. The summed E-state index contributed by atoms with van der Waals surface area (Å²) >= 11 is 0. The SMILES string of the molecule is O=C1COC2CCN(C(=O)Nc3ccccc3-c3ccccc3)C12. The summed E-state index contributed by atoms with van der Waals surface area (Å²) in [5, 5.41) is 2.96. The molecule has 2 aromatic carbocycles. The largest absolute Gasteiger partial charge is 0.368 e. The quantitative estimate of drug-likeness (QED) is 0.925. The predicted molar refractivity (Wildman–Crippen MR) is 90.8 cm³/mol. The second-order valence-corrected chi connectivity index (χ2v) is 6.08. The fourth-order valence-electron chi connectivity index (χ4n) is 3.47. The van der Waals surface area contributed by atoms with Crippen molar-refractivity contribution in [3.8, 4) is 11.1 Å². The number of carbonyl (C=O) groups is 2. The first kappa shape index (κ1) is 14.9. The first-order valence-electron chi connectivity index (χ1n) is 8.10. The summed E-state index contributed by atoms with van der Waals surface area (Å²) < 4.78 is 5.44. The lowest BCUT2D eigenvalue weighted by atomic mass is 10.0. The van der Waals surface area contributed by atoms with Crippen LogP contribution in [0.15, 0.2) is 54.6 Å². The minimum Gasteiger partial charge on any atom is -0.368 e. The molecule has 2 unspecified atom stereocenters. The normalized spacial score (nSPS) is 22.5. The first-order valence-corrected chi connectivity index (χ1v) is 8.10. The number of fused-ring (bicyclic) bond motifs is 1. The summed E-state index contributed by atoms with van der Waals surface area (Å²) in [6.07, 6.45) is 0.567. The van der Waals surface area contributed by atoms with E-state index in [-0.39, 0.29) is 24.5 Å². The van der Waals surface area contributed by atoms with Gasteiger partial charge in [-0.1, -0.05) is 48.5 Å². The van der Waals surface area contributed by atoms with Crippen LogP contribution in [-0.2, 0) is 9.53 Å². The summed E-state index contributed by atoms with van der Waals surface area (Å²) in [5.74, 6) is -0.0102. The van der Waals surface area contributed by atoms with Gasteiger partial charge in [0.25, 0.3) is 0 Å². The van der Waals surface area contributed by atoms with Gasteiger partial charge in [-0.3, -0.25) is 4.79 Å². The van der Waals surface area contributed by atoms with E-state index in [1.807, 2.05) is 54.6 Å². The van der Waals surface area contributed by atoms with Crippen LogP contribution in [0.3, 0.4) is 0 Å². The number of hydrogen-bond acceptors (Lipinski definition) is 3. The Labute approximate surface area is 140 Å². The van der Waals surface area contributed by atoms with E-state index in [4.69, 9.17) is 4.74 Å². The number of ether oxygens (including phenoxy) is 1. The highest BCUT2D eigenvalue weighted by atomic mass is 16.5. The molecule has 0 spiro atoms. The highest BCUT2D eigenvalue weighted by Gasteiger charge is 2.46. The summed E-state index contributed by atoms with van der Waals surface area (Å²) in [4.78, 5) is 26.3. The summed E-state index contributed by atoms with van der Waals surface area (Å²) in [7, 11) is 0. The lowest BCUT2D eigenvalue weighted by Crippen LogP contribution is -2.44. The molecule has 2 heterocycles. The van der Waals surface area contributed by atoms with Crippen LogP contribution in [0, 0.1) is 0 Å². The van der Waals surface area contributed by atoms with Gasteiger partial charge in [0.05, 0.1) is 11.8 Å². The van der Waals surface area contributed by atoms with Crippen LogP contribution in [0.25, 0.3) is 11.1 Å². The number of anilines is 1. The molecule has 2 atom stereocenters. The predicted octanol–water partition coefficient (Wildman–Crippen LogP) is 2.93. The Balaban J connectivity index is 1.58. The topological polar surface area (TPSA) is 58.6 Å². The third-order valence-corrected chi connectivity index (χ3v) is 4.63. The van der Waals surface area contributed by atoms with Crippen LogP contribution in [0.1, 0.15) is 6.42 Å². The third-order valence-electron chi connectivity index (χ3n) is 4.63. The van der Waals surface area contributed by atoms with E-state index in [1.165, 1.54) is 0 Å². The first-order chi connectivity index (χ1) is 11.7. The van der Waals surface area contributed by atoms with Crippen molar-refractivity contribution in [3.63, 3.8) is 0 Å². The fraction of sp³-hybridized carbons (Fsp3) is 0.263.